The lowest BCUT2D eigenvalue weighted by Gasteiger charge is -2.32. The summed E-state index contributed by atoms with van der Waals surface area (Å²) in [6.45, 7) is 5.55. The van der Waals surface area contributed by atoms with Crippen LogP contribution in [0.4, 0.5) is 5.69 Å². The predicted molar refractivity (Wildman–Crippen MR) is 111 cm³/mol. The van der Waals surface area contributed by atoms with E-state index in [4.69, 9.17) is 4.42 Å². The fourth-order valence-corrected chi connectivity index (χ4v) is 3.79. The summed E-state index contributed by atoms with van der Waals surface area (Å²) in [6, 6.07) is 10.5. The lowest BCUT2D eigenvalue weighted by Crippen LogP contribution is -2.39. The van der Waals surface area contributed by atoms with Crippen LogP contribution in [0.3, 0.4) is 0 Å². The maximum Gasteiger partial charge on any atom is 0.291 e. The minimum Gasteiger partial charge on any atom is -0.459 e. The molecule has 30 heavy (non-hydrogen) atoms. The van der Waals surface area contributed by atoms with Crippen molar-refractivity contribution in [1.82, 2.24) is 19.7 Å². The first kappa shape index (κ1) is 19.9. The van der Waals surface area contributed by atoms with E-state index in [9.17, 15) is 9.59 Å². The molecular weight excluding hydrogens is 382 g/mol. The SMILES string of the molecule is CC(C)n1cnnc1C1CCCN(C(=O)c2ccc(NC(=O)c3ccco3)cc2)C1. The average molecular weight is 407 g/mol. The van der Waals surface area contributed by atoms with Gasteiger partial charge in [0.1, 0.15) is 12.2 Å². The van der Waals surface area contributed by atoms with Crippen molar-refractivity contribution < 1.29 is 14.0 Å². The molecule has 4 rings (SSSR count). The Morgan fingerprint density at radius 1 is 1.20 bits per heavy atom. The van der Waals surface area contributed by atoms with E-state index in [2.05, 4.69) is 33.9 Å². The Kier molecular flexibility index (Phi) is 5.65. The fraction of sp³-hybridized carbons (Fsp3) is 0.364. The molecule has 3 heterocycles. The zero-order chi connectivity index (χ0) is 21.1. The van der Waals surface area contributed by atoms with Crippen LogP contribution in [-0.4, -0.2) is 44.6 Å². The summed E-state index contributed by atoms with van der Waals surface area (Å²) in [6.07, 6.45) is 5.13. The first-order chi connectivity index (χ1) is 14.5. The summed E-state index contributed by atoms with van der Waals surface area (Å²) in [7, 11) is 0. The molecule has 8 nitrogen and oxygen atoms in total. The highest BCUT2D eigenvalue weighted by molar-refractivity contribution is 6.02. The number of nitrogens with zero attached hydrogens (tertiary/aromatic N) is 4. The second-order valence-corrected chi connectivity index (χ2v) is 7.79. The molecule has 0 radical (unpaired) electrons. The highest BCUT2D eigenvalue weighted by Crippen LogP contribution is 2.28. The number of hydrogen-bond donors (Lipinski definition) is 1. The van der Waals surface area contributed by atoms with Crippen LogP contribution in [0.5, 0.6) is 0 Å². The van der Waals surface area contributed by atoms with Crippen molar-refractivity contribution >= 4 is 17.5 Å². The van der Waals surface area contributed by atoms with Crippen LogP contribution < -0.4 is 5.32 Å². The van der Waals surface area contributed by atoms with E-state index in [0.29, 0.717) is 17.8 Å². The summed E-state index contributed by atoms with van der Waals surface area (Å²) in [5.74, 6) is 1.02. The third-order valence-corrected chi connectivity index (χ3v) is 5.37. The maximum atomic E-state index is 13.0. The van der Waals surface area contributed by atoms with Crippen LogP contribution >= 0.6 is 0 Å². The van der Waals surface area contributed by atoms with E-state index in [1.54, 1.807) is 42.7 Å². The van der Waals surface area contributed by atoms with Gasteiger partial charge in [0.2, 0.25) is 0 Å². The summed E-state index contributed by atoms with van der Waals surface area (Å²) < 4.78 is 7.17. The zero-order valence-corrected chi connectivity index (χ0v) is 17.1. The molecule has 156 valence electrons. The number of nitrogens with one attached hydrogen (secondary N) is 1. The molecule has 1 saturated heterocycles. The van der Waals surface area contributed by atoms with Gasteiger partial charge in [0.05, 0.1) is 6.26 Å². The molecule has 1 aromatic carbocycles. The molecule has 0 bridgehead atoms. The molecule has 1 fully saturated rings. The van der Waals surface area contributed by atoms with Gasteiger partial charge in [0.15, 0.2) is 5.76 Å². The third-order valence-electron chi connectivity index (χ3n) is 5.37. The van der Waals surface area contributed by atoms with Crippen LogP contribution in [-0.2, 0) is 0 Å². The van der Waals surface area contributed by atoms with E-state index in [1.165, 1.54) is 6.26 Å². The highest BCUT2D eigenvalue weighted by Gasteiger charge is 2.29. The van der Waals surface area contributed by atoms with E-state index in [0.717, 1.165) is 25.2 Å². The average Bonchev–Trinajstić information content (AvgIpc) is 3.46. The Hall–Kier alpha value is -3.42. The maximum absolute atomic E-state index is 13.0. The van der Waals surface area contributed by atoms with Crippen LogP contribution in [0.2, 0.25) is 0 Å². The number of carbonyl (C=O) groups excluding carboxylic acids is 2. The van der Waals surface area contributed by atoms with Gasteiger partial charge in [-0.2, -0.15) is 0 Å². The van der Waals surface area contributed by atoms with E-state index in [-0.39, 0.29) is 29.5 Å². The zero-order valence-electron chi connectivity index (χ0n) is 17.1. The molecule has 1 N–H and O–H groups in total. The van der Waals surface area contributed by atoms with Crippen LogP contribution in [0.25, 0.3) is 0 Å². The quantitative estimate of drug-likeness (QED) is 0.696. The van der Waals surface area contributed by atoms with Crippen molar-refractivity contribution in [3.05, 3.63) is 66.1 Å². The van der Waals surface area contributed by atoms with Gasteiger partial charge in [0.25, 0.3) is 11.8 Å². The molecule has 2 aromatic heterocycles. The topological polar surface area (TPSA) is 93.3 Å². The Labute approximate surface area is 174 Å². The van der Waals surface area contributed by atoms with E-state index >= 15 is 0 Å². The van der Waals surface area contributed by atoms with Gasteiger partial charge >= 0.3 is 0 Å². The molecule has 0 aliphatic carbocycles. The lowest BCUT2D eigenvalue weighted by molar-refractivity contribution is 0.0703. The van der Waals surface area contributed by atoms with Crippen molar-refractivity contribution in [1.29, 1.82) is 0 Å². The largest absolute Gasteiger partial charge is 0.459 e. The van der Waals surface area contributed by atoms with Crippen molar-refractivity contribution in [2.45, 2.75) is 38.6 Å². The van der Waals surface area contributed by atoms with Gasteiger partial charge in [-0.1, -0.05) is 0 Å². The summed E-state index contributed by atoms with van der Waals surface area (Å²) >= 11 is 0. The molecule has 2 amide bonds. The highest BCUT2D eigenvalue weighted by atomic mass is 16.3. The van der Waals surface area contributed by atoms with Gasteiger partial charge in [-0.05, 0) is 63.1 Å². The Morgan fingerprint density at radius 2 is 2.00 bits per heavy atom. The molecular formula is C22H25N5O3. The van der Waals surface area contributed by atoms with E-state index < -0.39 is 0 Å². The first-order valence-corrected chi connectivity index (χ1v) is 10.2. The summed E-state index contributed by atoms with van der Waals surface area (Å²) in [4.78, 5) is 27.0. The molecule has 3 aromatic rings. The number of piperidine rings is 1. The first-order valence-electron chi connectivity index (χ1n) is 10.2. The minimum atomic E-state index is -0.327. The number of amides is 2. The van der Waals surface area contributed by atoms with Crippen molar-refractivity contribution in [2.75, 3.05) is 18.4 Å². The second kappa shape index (κ2) is 8.52. The van der Waals surface area contributed by atoms with Gasteiger partial charge in [-0.3, -0.25) is 9.59 Å². The molecule has 1 atom stereocenters. The molecule has 8 heteroatoms. The second-order valence-electron chi connectivity index (χ2n) is 7.79. The number of furan rings is 1. The number of aromatic nitrogens is 3. The van der Waals surface area contributed by atoms with Crippen molar-refractivity contribution in [3.63, 3.8) is 0 Å². The Morgan fingerprint density at radius 3 is 2.70 bits per heavy atom. The Bertz CT molecular complexity index is 1010. The number of carbonyl (C=O) groups is 2. The third kappa shape index (κ3) is 4.12. The van der Waals surface area contributed by atoms with Gasteiger partial charge in [0, 0.05) is 36.3 Å². The Balaban J connectivity index is 1.42. The van der Waals surface area contributed by atoms with Crippen LogP contribution in [0.1, 0.15) is 65.4 Å². The monoisotopic (exact) mass is 407 g/mol. The van der Waals surface area contributed by atoms with Crippen LogP contribution in [0.15, 0.2) is 53.4 Å². The molecule has 1 aliphatic heterocycles. The predicted octanol–water partition coefficient (Wildman–Crippen LogP) is 3.72. The van der Waals surface area contributed by atoms with Gasteiger partial charge < -0.3 is 19.2 Å². The molecule has 1 aliphatic rings. The molecule has 0 saturated carbocycles. The van der Waals surface area contributed by atoms with Crippen molar-refractivity contribution in [2.24, 2.45) is 0 Å². The van der Waals surface area contributed by atoms with Crippen LogP contribution in [0, 0.1) is 0 Å². The number of rotatable bonds is 5. The number of anilines is 1. The molecule has 1 unspecified atom stereocenters. The normalized spacial score (nSPS) is 16.6. The smallest absolute Gasteiger partial charge is 0.291 e. The number of benzene rings is 1. The molecule has 0 spiro atoms. The van der Waals surface area contributed by atoms with Crippen molar-refractivity contribution in [3.8, 4) is 0 Å². The number of likely N-dealkylation sites (tertiary alicyclic amines) is 1. The van der Waals surface area contributed by atoms with Gasteiger partial charge in [-0.25, -0.2) is 0 Å². The standard InChI is InChI=1S/C22H25N5O3/c1-15(2)27-14-23-25-20(27)17-5-3-11-26(13-17)22(29)16-7-9-18(10-8-16)24-21(28)19-6-4-12-30-19/h4,6-10,12,14-15,17H,3,5,11,13H2,1-2H3,(H,24,28). The number of hydrogen-bond acceptors (Lipinski definition) is 5. The van der Waals surface area contributed by atoms with E-state index in [1.807, 2.05) is 4.90 Å². The summed E-state index contributed by atoms with van der Waals surface area (Å²) in [5.41, 5.74) is 1.20. The minimum absolute atomic E-state index is 0.0146. The fourth-order valence-electron chi connectivity index (χ4n) is 3.79. The lowest BCUT2D eigenvalue weighted by atomic mass is 9.96. The van der Waals surface area contributed by atoms with Gasteiger partial charge in [-0.15, -0.1) is 10.2 Å². The summed E-state index contributed by atoms with van der Waals surface area (Å²) in [5, 5.41) is 11.1.